The van der Waals surface area contributed by atoms with E-state index in [2.05, 4.69) is 0 Å². The molecule has 21 heavy (non-hydrogen) atoms. The van der Waals surface area contributed by atoms with Crippen molar-refractivity contribution >= 4 is 11.9 Å². The Morgan fingerprint density at radius 3 is 2.29 bits per heavy atom. The van der Waals surface area contributed by atoms with E-state index in [-0.39, 0.29) is 17.7 Å². The largest absolute Gasteiger partial charge is 0.489 e. The van der Waals surface area contributed by atoms with Crippen molar-refractivity contribution in [2.75, 3.05) is 0 Å². The number of halogens is 1. The first-order chi connectivity index (χ1) is 9.97. The van der Waals surface area contributed by atoms with Gasteiger partial charge in [0.15, 0.2) is 0 Å². The molecule has 2 aromatic carbocycles. The minimum atomic E-state index is -1.14. The van der Waals surface area contributed by atoms with Gasteiger partial charge in [0.2, 0.25) is 5.91 Å². The van der Waals surface area contributed by atoms with Crippen LogP contribution in [0.2, 0.25) is 0 Å². The van der Waals surface area contributed by atoms with Crippen molar-refractivity contribution in [1.82, 2.24) is 0 Å². The molecule has 0 bridgehead atoms. The van der Waals surface area contributed by atoms with E-state index in [4.69, 9.17) is 15.6 Å². The molecule has 0 saturated carbocycles. The van der Waals surface area contributed by atoms with Gasteiger partial charge in [-0.2, -0.15) is 0 Å². The number of benzene rings is 2. The number of nitrogens with two attached hydrogens (primary N) is 1. The van der Waals surface area contributed by atoms with Crippen LogP contribution in [0.15, 0.2) is 42.5 Å². The number of carbonyl (C=O) groups excluding carboxylic acids is 1. The number of amides is 1. The Kier molecular flexibility index (Phi) is 4.18. The third-order valence-electron chi connectivity index (χ3n) is 2.83. The highest BCUT2D eigenvalue weighted by molar-refractivity contribution is 5.92. The van der Waals surface area contributed by atoms with Gasteiger partial charge >= 0.3 is 5.97 Å². The molecule has 0 spiro atoms. The van der Waals surface area contributed by atoms with Crippen molar-refractivity contribution in [3.05, 3.63) is 65.0 Å². The zero-order valence-corrected chi connectivity index (χ0v) is 10.9. The standard InChI is InChI=1S/C15H12FNO4/c16-13-6-3-10(15(19)20)7-11(13)8-21-12-4-1-9(2-5-12)14(17)18/h1-7H,8H2,(H2,17,18)(H,19,20). The quantitative estimate of drug-likeness (QED) is 0.883. The summed E-state index contributed by atoms with van der Waals surface area (Å²) in [4.78, 5) is 21.7. The van der Waals surface area contributed by atoms with E-state index in [1.807, 2.05) is 0 Å². The monoisotopic (exact) mass is 289 g/mol. The lowest BCUT2D eigenvalue weighted by atomic mass is 10.1. The minimum absolute atomic E-state index is 0.0147. The van der Waals surface area contributed by atoms with Crippen LogP contribution >= 0.6 is 0 Å². The Balaban J connectivity index is 2.10. The van der Waals surface area contributed by atoms with Gasteiger partial charge in [-0.3, -0.25) is 4.79 Å². The predicted octanol–water partition coefficient (Wildman–Crippen LogP) is 2.20. The summed E-state index contributed by atoms with van der Waals surface area (Å²) in [6, 6.07) is 9.51. The van der Waals surface area contributed by atoms with E-state index in [9.17, 15) is 14.0 Å². The summed E-state index contributed by atoms with van der Waals surface area (Å²) in [6.45, 7) is -0.122. The molecule has 0 radical (unpaired) electrons. The molecule has 3 N–H and O–H groups in total. The summed E-state index contributed by atoms with van der Waals surface area (Å²) in [6.07, 6.45) is 0. The lowest BCUT2D eigenvalue weighted by molar-refractivity contribution is 0.0696. The van der Waals surface area contributed by atoms with Crippen molar-refractivity contribution in [2.24, 2.45) is 5.73 Å². The van der Waals surface area contributed by atoms with Crippen LogP contribution in [0.25, 0.3) is 0 Å². The number of carboxylic acids is 1. The molecule has 0 aliphatic carbocycles. The topological polar surface area (TPSA) is 89.6 Å². The van der Waals surface area contributed by atoms with E-state index in [1.165, 1.54) is 36.4 Å². The van der Waals surface area contributed by atoms with Crippen LogP contribution in [0.1, 0.15) is 26.3 Å². The fourth-order valence-corrected chi connectivity index (χ4v) is 1.69. The van der Waals surface area contributed by atoms with Crippen molar-refractivity contribution in [3.8, 4) is 5.75 Å². The molecular formula is C15H12FNO4. The normalized spacial score (nSPS) is 10.1. The number of carbonyl (C=O) groups is 2. The molecule has 108 valence electrons. The van der Waals surface area contributed by atoms with Gasteiger partial charge < -0.3 is 15.6 Å². The molecular weight excluding hydrogens is 277 g/mol. The second-order valence-corrected chi connectivity index (χ2v) is 4.29. The third kappa shape index (κ3) is 3.56. The summed E-state index contributed by atoms with van der Waals surface area (Å²) in [5.41, 5.74) is 5.56. The van der Waals surface area contributed by atoms with Crippen LogP contribution in [-0.4, -0.2) is 17.0 Å². The number of hydrogen-bond donors (Lipinski definition) is 2. The minimum Gasteiger partial charge on any atom is -0.489 e. The summed E-state index contributed by atoms with van der Waals surface area (Å²) in [5.74, 6) is -1.82. The summed E-state index contributed by atoms with van der Waals surface area (Å²) < 4.78 is 18.9. The fraction of sp³-hybridized carbons (Fsp3) is 0.0667. The van der Waals surface area contributed by atoms with Gasteiger partial charge in [-0.1, -0.05) is 0 Å². The van der Waals surface area contributed by atoms with Crippen molar-refractivity contribution in [1.29, 1.82) is 0 Å². The number of rotatable bonds is 5. The summed E-state index contributed by atoms with van der Waals surface area (Å²) in [7, 11) is 0. The van der Waals surface area contributed by atoms with Crippen LogP contribution in [0.5, 0.6) is 5.75 Å². The molecule has 2 rings (SSSR count). The Morgan fingerprint density at radius 1 is 1.10 bits per heavy atom. The van der Waals surface area contributed by atoms with Gasteiger partial charge in [-0.15, -0.1) is 0 Å². The highest BCUT2D eigenvalue weighted by Gasteiger charge is 2.09. The van der Waals surface area contributed by atoms with Crippen LogP contribution in [0.4, 0.5) is 4.39 Å². The van der Waals surface area contributed by atoms with Gasteiger partial charge in [0.1, 0.15) is 18.2 Å². The molecule has 0 aromatic heterocycles. The Labute approximate surface area is 119 Å². The molecule has 1 amide bonds. The maximum atomic E-state index is 13.6. The molecule has 2 aromatic rings. The zero-order valence-electron chi connectivity index (χ0n) is 10.9. The number of aromatic carboxylic acids is 1. The molecule has 6 heteroatoms. The second kappa shape index (κ2) is 6.04. The zero-order chi connectivity index (χ0) is 15.4. The van der Waals surface area contributed by atoms with Gasteiger partial charge in [-0.05, 0) is 42.5 Å². The maximum Gasteiger partial charge on any atom is 0.335 e. The Bertz CT molecular complexity index is 683. The van der Waals surface area contributed by atoms with Crippen molar-refractivity contribution in [2.45, 2.75) is 6.61 Å². The number of carboxylic acid groups (broad SMARTS) is 1. The Morgan fingerprint density at radius 2 is 1.71 bits per heavy atom. The highest BCUT2D eigenvalue weighted by Crippen LogP contribution is 2.16. The average Bonchev–Trinajstić information content (AvgIpc) is 2.46. The van der Waals surface area contributed by atoms with Gasteiger partial charge in [0, 0.05) is 11.1 Å². The molecule has 0 fully saturated rings. The smallest absolute Gasteiger partial charge is 0.335 e. The van der Waals surface area contributed by atoms with Crippen molar-refractivity contribution in [3.63, 3.8) is 0 Å². The SMILES string of the molecule is NC(=O)c1ccc(OCc2cc(C(=O)O)ccc2F)cc1. The highest BCUT2D eigenvalue weighted by atomic mass is 19.1. The maximum absolute atomic E-state index is 13.6. The second-order valence-electron chi connectivity index (χ2n) is 4.29. The lowest BCUT2D eigenvalue weighted by Gasteiger charge is -2.08. The van der Waals surface area contributed by atoms with E-state index in [0.29, 0.717) is 11.3 Å². The first-order valence-corrected chi connectivity index (χ1v) is 6.02. The van der Waals surface area contributed by atoms with E-state index >= 15 is 0 Å². The van der Waals surface area contributed by atoms with Crippen LogP contribution in [-0.2, 0) is 6.61 Å². The van der Waals surface area contributed by atoms with E-state index < -0.39 is 17.7 Å². The van der Waals surface area contributed by atoms with E-state index in [0.717, 1.165) is 6.07 Å². The number of ether oxygens (including phenoxy) is 1. The molecule has 0 unspecified atom stereocenters. The average molecular weight is 289 g/mol. The van der Waals surface area contributed by atoms with Gasteiger partial charge in [-0.25, -0.2) is 9.18 Å². The summed E-state index contributed by atoms with van der Waals surface area (Å²) >= 11 is 0. The molecule has 0 saturated heterocycles. The molecule has 0 heterocycles. The van der Waals surface area contributed by atoms with E-state index in [1.54, 1.807) is 0 Å². The first-order valence-electron chi connectivity index (χ1n) is 6.02. The van der Waals surface area contributed by atoms with Crippen molar-refractivity contribution < 1.29 is 23.8 Å². The molecule has 0 aliphatic heterocycles. The van der Waals surface area contributed by atoms with Crippen LogP contribution in [0.3, 0.4) is 0 Å². The molecule has 0 aliphatic rings. The number of primary amides is 1. The molecule has 0 atom stereocenters. The van der Waals surface area contributed by atoms with Crippen LogP contribution < -0.4 is 10.5 Å². The Hall–Kier alpha value is -2.89. The number of hydrogen-bond acceptors (Lipinski definition) is 3. The van der Waals surface area contributed by atoms with Gasteiger partial charge in [0.25, 0.3) is 0 Å². The molecule has 5 nitrogen and oxygen atoms in total. The van der Waals surface area contributed by atoms with Gasteiger partial charge in [0.05, 0.1) is 5.56 Å². The lowest BCUT2D eigenvalue weighted by Crippen LogP contribution is -2.10. The summed E-state index contributed by atoms with van der Waals surface area (Å²) in [5, 5.41) is 8.86. The fourth-order valence-electron chi connectivity index (χ4n) is 1.69. The predicted molar refractivity (Wildman–Crippen MR) is 72.7 cm³/mol. The third-order valence-corrected chi connectivity index (χ3v) is 2.83. The first kappa shape index (κ1) is 14.5. The van der Waals surface area contributed by atoms with Crippen LogP contribution in [0, 0.1) is 5.82 Å².